The minimum atomic E-state index is -1.21. The molecule has 1 aliphatic rings. The molecule has 0 spiro atoms. The molecule has 2 amide bonds. The van der Waals surface area contributed by atoms with Crippen molar-refractivity contribution in [2.45, 2.75) is 76.9 Å². The zero-order valence-corrected chi connectivity index (χ0v) is 26.0. The summed E-state index contributed by atoms with van der Waals surface area (Å²) >= 11 is 0. The summed E-state index contributed by atoms with van der Waals surface area (Å²) in [7, 11) is 5.56. The van der Waals surface area contributed by atoms with E-state index in [0.29, 0.717) is 38.6 Å². The third kappa shape index (κ3) is 12.4. The minimum absolute atomic E-state index is 0.00290. The number of carbonyl (C=O) groups is 2. The molecule has 2 rings (SSSR count). The van der Waals surface area contributed by atoms with Crippen molar-refractivity contribution in [3.8, 4) is 0 Å². The maximum atomic E-state index is 13.7. The molecule has 10 nitrogen and oxygen atoms in total. The summed E-state index contributed by atoms with van der Waals surface area (Å²) in [4.78, 5) is 32.2. The van der Waals surface area contributed by atoms with Gasteiger partial charge in [-0.2, -0.15) is 0 Å². The predicted molar refractivity (Wildman–Crippen MR) is 161 cm³/mol. The Hall–Kier alpha value is -2.08. The van der Waals surface area contributed by atoms with Crippen LogP contribution in [0.2, 0.25) is 0 Å². The number of hydrogen-bond acceptors (Lipinski definition) is 8. The van der Waals surface area contributed by atoms with E-state index in [-0.39, 0.29) is 43.6 Å². The van der Waals surface area contributed by atoms with Gasteiger partial charge in [0, 0.05) is 58.9 Å². The highest BCUT2D eigenvalue weighted by atomic mass is 16.5. The summed E-state index contributed by atoms with van der Waals surface area (Å²) < 4.78 is 11.1. The highest BCUT2D eigenvalue weighted by molar-refractivity contribution is 5.79. The van der Waals surface area contributed by atoms with Gasteiger partial charge in [-0.15, -0.1) is 0 Å². The van der Waals surface area contributed by atoms with Gasteiger partial charge in [0.15, 0.2) is 0 Å². The second-order valence-corrected chi connectivity index (χ2v) is 11.8. The monoisotopic (exact) mass is 578 g/mol. The van der Waals surface area contributed by atoms with Gasteiger partial charge in [-0.1, -0.05) is 44.2 Å². The van der Waals surface area contributed by atoms with E-state index in [9.17, 15) is 19.8 Å². The summed E-state index contributed by atoms with van der Waals surface area (Å²) in [6.07, 6.45) is -0.0893. The van der Waals surface area contributed by atoms with Crippen molar-refractivity contribution >= 4 is 11.8 Å². The summed E-state index contributed by atoms with van der Waals surface area (Å²) in [5.41, 5.74) is 1.25. The predicted octanol–water partition coefficient (Wildman–Crippen LogP) is 1.39. The lowest BCUT2D eigenvalue weighted by atomic mass is 10.00. The van der Waals surface area contributed by atoms with E-state index < -0.39 is 18.3 Å². The average Bonchev–Trinajstić information content (AvgIpc) is 2.92. The van der Waals surface area contributed by atoms with Crippen LogP contribution in [0.25, 0.3) is 0 Å². The maximum Gasteiger partial charge on any atom is 0.236 e. The van der Waals surface area contributed by atoms with E-state index in [1.807, 2.05) is 23.1 Å². The molecule has 5 atom stereocenters. The van der Waals surface area contributed by atoms with E-state index >= 15 is 0 Å². The quantitative estimate of drug-likeness (QED) is 0.382. The topological polar surface area (TPSA) is 115 Å². The molecule has 10 heteroatoms. The number of aliphatic hydroxyl groups excluding tert-OH is 2. The van der Waals surface area contributed by atoms with Gasteiger partial charge in [-0.05, 0) is 51.3 Å². The van der Waals surface area contributed by atoms with Crippen molar-refractivity contribution in [3.05, 3.63) is 35.9 Å². The number of ether oxygens (including phenoxy) is 2. The third-order valence-electron chi connectivity index (χ3n) is 7.79. The van der Waals surface area contributed by atoms with Crippen LogP contribution in [0.3, 0.4) is 0 Å². The number of aliphatic hydroxyl groups is 2. The fourth-order valence-electron chi connectivity index (χ4n) is 5.29. The van der Waals surface area contributed by atoms with Gasteiger partial charge < -0.3 is 39.7 Å². The van der Waals surface area contributed by atoms with Gasteiger partial charge in [0.25, 0.3) is 0 Å². The van der Waals surface area contributed by atoms with Crippen LogP contribution in [0.5, 0.6) is 0 Å². The lowest BCUT2D eigenvalue weighted by Crippen LogP contribution is -2.54. The van der Waals surface area contributed by atoms with E-state index in [1.54, 1.807) is 4.90 Å². The first-order valence-corrected chi connectivity index (χ1v) is 15.0. The highest BCUT2D eigenvalue weighted by Crippen LogP contribution is 2.18. The van der Waals surface area contributed by atoms with Crippen molar-refractivity contribution in [2.75, 3.05) is 67.1 Å². The zero-order valence-electron chi connectivity index (χ0n) is 26.0. The van der Waals surface area contributed by atoms with Crippen LogP contribution in [0.1, 0.15) is 45.6 Å². The molecule has 0 aromatic heterocycles. The standard InChI is InChI=1S/C31H54N4O6/c1-23(2)16-27-20-34(24(3)36)21-29(40-6)31(39)28(37)22-41-15-11-10-14-35(27)30(38)19-32-18-26(33(4)5)17-25-12-8-7-9-13-25/h7-9,12-13,23,26-29,31-32,37,39H,10-11,14-22H2,1-6H3/t26?,27-,28-,29-,31-/m1/s1. The molecule has 1 aromatic rings. The van der Waals surface area contributed by atoms with Gasteiger partial charge in [-0.3, -0.25) is 9.59 Å². The Labute approximate surface area is 247 Å². The maximum absolute atomic E-state index is 13.7. The van der Waals surface area contributed by atoms with Crippen LogP contribution in [0.15, 0.2) is 30.3 Å². The highest BCUT2D eigenvalue weighted by Gasteiger charge is 2.32. The van der Waals surface area contributed by atoms with Crippen molar-refractivity contribution in [1.82, 2.24) is 20.0 Å². The number of hydrogen-bond donors (Lipinski definition) is 3. The number of nitrogens with zero attached hydrogens (tertiary/aromatic N) is 3. The van der Waals surface area contributed by atoms with Crippen molar-refractivity contribution in [3.63, 3.8) is 0 Å². The number of carbonyl (C=O) groups excluding carboxylic acids is 2. The molecule has 1 aliphatic heterocycles. The molecular weight excluding hydrogens is 524 g/mol. The van der Waals surface area contributed by atoms with E-state index in [1.165, 1.54) is 19.6 Å². The number of rotatable bonds is 10. The van der Waals surface area contributed by atoms with Crippen LogP contribution in [0, 0.1) is 5.92 Å². The third-order valence-corrected chi connectivity index (χ3v) is 7.79. The number of nitrogens with one attached hydrogen (secondary N) is 1. The first-order chi connectivity index (χ1) is 19.5. The second kappa shape index (κ2) is 18.5. The minimum Gasteiger partial charge on any atom is -0.388 e. The van der Waals surface area contributed by atoms with Crippen molar-refractivity contribution in [2.24, 2.45) is 5.92 Å². The Morgan fingerprint density at radius 3 is 2.46 bits per heavy atom. The number of methoxy groups -OCH3 is 1. The molecule has 1 fully saturated rings. The van der Waals surface area contributed by atoms with Crippen LogP contribution < -0.4 is 5.32 Å². The van der Waals surface area contributed by atoms with Crippen molar-refractivity contribution < 1.29 is 29.3 Å². The molecule has 41 heavy (non-hydrogen) atoms. The van der Waals surface area contributed by atoms with Crippen LogP contribution in [-0.4, -0.2) is 134 Å². The molecule has 0 bridgehead atoms. The summed E-state index contributed by atoms with van der Waals surface area (Å²) in [5.74, 6) is 0.128. The van der Waals surface area contributed by atoms with Crippen LogP contribution in [-0.2, 0) is 25.5 Å². The Kier molecular flexibility index (Phi) is 15.8. The molecule has 0 aliphatic carbocycles. The second-order valence-electron chi connectivity index (χ2n) is 11.8. The SMILES string of the molecule is CO[C@@H]1CN(C(C)=O)C[C@@H](CC(C)C)N(C(=O)CNCC(Cc2ccccc2)N(C)C)CCCCOC[C@@H](O)[C@H]1O. The Bertz CT molecular complexity index is 887. The molecule has 3 N–H and O–H groups in total. The van der Waals surface area contributed by atoms with Gasteiger partial charge in [0.1, 0.15) is 18.3 Å². The Morgan fingerprint density at radius 2 is 1.85 bits per heavy atom. The average molecular weight is 579 g/mol. The van der Waals surface area contributed by atoms with E-state index in [0.717, 1.165) is 19.3 Å². The van der Waals surface area contributed by atoms with Crippen molar-refractivity contribution in [1.29, 1.82) is 0 Å². The Balaban J connectivity index is 2.20. The molecule has 234 valence electrons. The fraction of sp³-hybridized carbons (Fsp3) is 0.742. The van der Waals surface area contributed by atoms with E-state index in [4.69, 9.17) is 9.47 Å². The number of likely N-dealkylation sites (N-methyl/N-ethyl adjacent to an activating group) is 1. The van der Waals surface area contributed by atoms with Gasteiger partial charge in [-0.25, -0.2) is 0 Å². The largest absolute Gasteiger partial charge is 0.388 e. The van der Waals surface area contributed by atoms with E-state index in [2.05, 4.69) is 50.3 Å². The molecule has 0 radical (unpaired) electrons. The summed E-state index contributed by atoms with van der Waals surface area (Å²) in [5, 5.41) is 24.5. The fourth-order valence-corrected chi connectivity index (χ4v) is 5.29. The van der Waals surface area contributed by atoms with Crippen LogP contribution >= 0.6 is 0 Å². The first-order valence-electron chi connectivity index (χ1n) is 15.0. The summed E-state index contributed by atoms with van der Waals surface area (Å²) in [6.45, 7) is 7.94. The lowest BCUT2D eigenvalue weighted by Gasteiger charge is -2.38. The van der Waals surface area contributed by atoms with Crippen LogP contribution in [0.4, 0.5) is 0 Å². The molecule has 1 aromatic carbocycles. The molecule has 0 saturated carbocycles. The smallest absolute Gasteiger partial charge is 0.236 e. The number of benzene rings is 1. The van der Waals surface area contributed by atoms with Gasteiger partial charge in [0.05, 0.1) is 13.2 Å². The normalized spacial score (nSPS) is 24.3. The molecule has 1 unspecified atom stereocenters. The summed E-state index contributed by atoms with van der Waals surface area (Å²) in [6, 6.07) is 10.4. The van der Waals surface area contributed by atoms with Gasteiger partial charge in [0.2, 0.25) is 11.8 Å². The molecule has 1 heterocycles. The first kappa shape index (κ1) is 35.1. The lowest BCUT2D eigenvalue weighted by molar-refractivity contribution is -0.142. The van der Waals surface area contributed by atoms with Gasteiger partial charge >= 0.3 is 0 Å². The number of amides is 2. The molecular formula is C31H54N4O6. The Morgan fingerprint density at radius 1 is 1.15 bits per heavy atom. The zero-order chi connectivity index (χ0) is 30.4. The molecule has 1 saturated heterocycles.